The molecule has 4 heteroatoms. The van der Waals surface area contributed by atoms with Gasteiger partial charge in [0, 0.05) is 12.2 Å². The number of rotatable bonds is 3. The lowest BCUT2D eigenvalue weighted by Crippen LogP contribution is -2.10. The van der Waals surface area contributed by atoms with Crippen molar-refractivity contribution in [3.63, 3.8) is 0 Å². The van der Waals surface area contributed by atoms with Crippen LogP contribution in [0.2, 0.25) is 0 Å². The van der Waals surface area contributed by atoms with Crippen molar-refractivity contribution in [1.82, 2.24) is 14.5 Å². The summed E-state index contributed by atoms with van der Waals surface area (Å²) in [4.78, 5) is 8.96. The topological polar surface area (TPSA) is 56.7 Å². The Labute approximate surface area is 107 Å². The third-order valence-electron chi connectivity index (χ3n) is 3.71. The van der Waals surface area contributed by atoms with E-state index in [0.717, 1.165) is 37.7 Å². The van der Waals surface area contributed by atoms with E-state index in [2.05, 4.69) is 21.5 Å². The first kappa shape index (κ1) is 11.5. The fourth-order valence-corrected chi connectivity index (χ4v) is 2.80. The minimum Gasteiger partial charge on any atom is -0.382 e. The van der Waals surface area contributed by atoms with E-state index in [1.807, 2.05) is 6.33 Å². The molecule has 95 valence electrons. The lowest BCUT2D eigenvalue weighted by Gasteiger charge is -2.17. The lowest BCUT2D eigenvalue weighted by molar-refractivity contribution is 0.646. The summed E-state index contributed by atoms with van der Waals surface area (Å²) in [6.07, 6.45) is 8.54. The van der Waals surface area contributed by atoms with Gasteiger partial charge in [-0.25, -0.2) is 9.97 Å². The first-order valence-electron chi connectivity index (χ1n) is 6.72. The number of nitrogen functional groups attached to an aromatic ring is 1. The van der Waals surface area contributed by atoms with Crippen LogP contribution in [0.15, 0.2) is 6.33 Å². The van der Waals surface area contributed by atoms with Crippen molar-refractivity contribution in [2.75, 3.05) is 5.73 Å². The van der Waals surface area contributed by atoms with E-state index in [1.165, 1.54) is 29.6 Å². The van der Waals surface area contributed by atoms with Crippen LogP contribution in [0.3, 0.4) is 0 Å². The normalized spacial score (nSPS) is 14.9. The van der Waals surface area contributed by atoms with Crippen molar-refractivity contribution in [2.24, 2.45) is 0 Å². The third kappa shape index (κ3) is 1.76. The predicted molar refractivity (Wildman–Crippen MR) is 73.2 cm³/mol. The van der Waals surface area contributed by atoms with Crippen LogP contribution < -0.4 is 5.73 Å². The van der Waals surface area contributed by atoms with Crippen LogP contribution in [0, 0.1) is 6.92 Å². The van der Waals surface area contributed by atoms with Gasteiger partial charge in [0.15, 0.2) is 5.82 Å². The molecular weight excluding hydrogens is 224 g/mol. The highest BCUT2D eigenvalue weighted by molar-refractivity contribution is 5.88. The largest absolute Gasteiger partial charge is 0.382 e. The molecule has 2 aromatic heterocycles. The fraction of sp³-hybridized carbons (Fsp3) is 0.500. The van der Waals surface area contributed by atoms with Gasteiger partial charge in [-0.05, 0) is 37.7 Å². The molecule has 2 heterocycles. The smallest absolute Gasteiger partial charge is 0.151 e. The Morgan fingerprint density at radius 1 is 1.33 bits per heavy atom. The van der Waals surface area contributed by atoms with Gasteiger partial charge in [0.25, 0.3) is 0 Å². The molecule has 0 fully saturated rings. The van der Waals surface area contributed by atoms with E-state index in [9.17, 15) is 0 Å². The third-order valence-corrected chi connectivity index (χ3v) is 3.71. The Morgan fingerprint density at radius 3 is 3.00 bits per heavy atom. The Kier molecular flexibility index (Phi) is 2.94. The number of imidazole rings is 1. The van der Waals surface area contributed by atoms with Gasteiger partial charge < -0.3 is 10.3 Å². The summed E-state index contributed by atoms with van der Waals surface area (Å²) in [5, 5.41) is 0. The van der Waals surface area contributed by atoms with E-state index >= 15 is 0 Å². The lowest BCUT2D eigenvalue weighted by atomic mass is 9.95. The number of pyridine rings is 1. The standard InChI is InChI=1S/C14H19N4/c1-2-3-8-18-9-16-12-13(18)10-6-4-5-7-11(10)17-14(12)15/h9H,1-8H2,(H2,15,17). The highest BCUT2D eigenvalue weighted by Crippen LogP contribution is 2.30. The summed E-state index contributed by atoms with van der Waals surface area (Å²) >= 11 is 0. The molecule has 0 saturated heterocycles. The molecule has 0 bridgehead atoms. The van der Waals surface area contributed by atoms with E-state index in [0.29, 0.717) is 5.82 Å². The summed E-state index contributed by atoms with van der Waals surface area (Å²) < 4.78 is 2.22. The monoisotopic (exact) mass is 243 g/mol. The molecule has 0 spiro atoms. The number of nitrogens with two attached hydrogens (primary N) is 1. The Balaban J connectivity index is 2.17. The van der Waals surface area contributed by atoms with Crippen LogP contribution in [-0.2, 0) is 19.4 Å². The van der Waals surface area contributed by atoms with Crippen molar-refractivity contribution in [3.05, 3.63) is 24.5 Å². The Bertz CT molecular complexity index is 571. The van der Waals surface area contributed by atoms with Gasteiger partial charge in [-0.15, -0.1) is 0 Å². The summed E-state index contributed by atoms with van der Waals surface area (Å²) in [7, 11) is 0. The van der Waals surface area contributed by atoms with E-state index in [1.54, 1.807) is 0 Å². The van der Waals surface area contributed by atoms with Gasteiger partial charge in [0.05, 0.1) is 11.8 Å². The molecule has 4 nitrogen and oxygen atoms in total. The summed E-state index contributed by atoms with van der Waals surface area (Å²) in [5.41, 5.74) is 10.7. The molecule has 0 amide bonds. The van der Waals surface area contributed by atoms with Crippen molar-refractivity contribution < 1.29 is 0 Å². The second kappa shape index (κ2) is 4.59. The number of anilines is 1. The second-order valence-corrected chi connectivity index (χ2v) is 4.97. The molecular formula is C14H19N4. The number of aryl methyl sites for hydroxylation is 3. The van der Waals surface area contributed by atoms with Crippen LogP contribution in [0.25, 0.3) is 11.0 Å². The van der Waals surface area contributed by atoms with Crippen molar-refractivity contribution in [1.29, 1.82) is 0 Å². The zero-order valence-corrected chi connectivity index (χ0v) is 10.7. The van der Waals surface area contributed by atoms with E-state index < -0.39 is 0 Å². The minimum absolute atomic E-state index is 0.582. The van der Waals surface area contributed by atoms with E-state index in [-0.39, 0.29) is 0 Å². The van der Waals surface area contributed by atoms with Crippen LogP contribution in [0.5, 0.6) is 0 Å². The maximum atomic E-state index is 6.02. The summed E-state index contributed by atoms with van der Waals surface area (Å²) in [6, 6.07) is 0. The molecule has 0 aromatic carbocycles. The second-order valence-electron chi connectivity index (χ2n) is 4.97. The predicted octanol–water partition coefficient (Wildman–Crippen LogP) is 2.51. The summed E-state index contributed by atoms with van der Waals surface area (Å²) in [6.45, 7) is 4.87. The molecule has 3 rings (SSSR count). The van der Waals surface area contributed by atoms with Crippen LogP contribution in [-0.4, -0.2) is 14.5 Å². The van der Waals surface area contributed by atoms with Gasteiger partial charge in [-0.1, -0.05) is 13.3 Å². The number of nitrogens with zero attached hydrogens (tertiary/aromatic N) is 3. The number of fused-ring (bicyclic) bond motifs is 3. The zero-order valence-electron chi connectivity index (χ0n) is 10.7. The maximum absolute atomic E-state index is 6.02. The Hall–Kier alpha value is -1.58. The summed E-state index contributed by atoms with van der Waals surface area (Å²) in [5.74, 6) is 0.582. The average Bonchev–Trinajstić information content (AvgIpc) is 2.81. The molecule has 2 aromatic rings. The fourth-order valence-electron chi connectivity index (χ4n) is 2.80. The molecule has 0 saturated carbocycles. The maximum Gasteiger partial charge on any atom is 0.151 e. The van der Waals surface area contributed by atoms with Gasteiger partial charge in [-0.2, -0.15) is 0 Å². The SMILES string of the molecule is [CH2]CCCn1cnc2c(N)nc3c(c21)CCCC3. The van der Waals surface area contributed by atoms with Gasteiger partial charge in [0.2, 0.25) is 0 Å². The van der Waals surface area contributed by atoms with Gasteiger partial charge in [-0.3, -0.25) is 0 Å². The number of hydrogen-bond donors (Lipinski definition) is 1. The van der Waals surface area contributed by atoms with Crippen LogP contribution >= 0.6 is 0 Å². The average molecular weight is 243 g/mol. The molecule has 1 aliphatic rings. The number of unbranched alkanes of at least 4 members (excludes halogenated alkanes) is 1. The number of aromatic nitrogens is 3. The number of hydrogen-bond acceptors (Lipinski definition) is 3. The Morgan fingerprint density at radius 2 is 2.17 bits per heavy atom. The minimum atomic E-state index is 0.582. The highest BCUT2D eigenvalue weighted by atomic mass is 15.1. The van der Waals surface area contributed by atoms with Crippen LogP contribution in [0.4, 0.5) is 5.82 Å². The van der Waals surface area contributed by atoms with Gasteiger partial charge in [0.1, 0.15) is 5.52 Å². The van der Waals surface area contributed by atoms with Crippen molar-refractivity contribution in [3.8, 4) is 0 Å². The molecule has 2 N–H and O–H groups in total. The molecule has 0 unspecified atom stereocenters. The van der Waals surface area contributed by atoms with Crippen molar-refractivity contribution in [2.45, 2.75) is 45.1 Å². The van der Waals surface area contributed by atoms with E-state index in [4.69, 9.17) is 5.73 Å². The van der Waals surface area contributed by atoms with Gasteiger partial charge >= 0.3 is 0 Å². The molecule has 0 aliphatic heterocycles. The first-order chi connectivity index (χ1) is 8.81. The molecule has 1 aliphatic carbocycles. The molecule has 18 heavy (non-hydrogen) atoms. The molecule has 0 atom stereocenters. The van der Waals surface area contributed by atoms with Crippen molar-refractivity contribution >= 4 is 16.9 Å². The molecule has 1 radical (unpaired) electrons. The van der Waals surface area contributed by atoms with Crippen LogP contribution in [0.1, 0.15) is 36.9 Å². The quantitative estimate of drug-likeness (QED) is 0.901. The highest BCUT2D eigenvalue weighted by Gasteiger charge is 2.19. The zero-order chi connectivity index (χ0) is 12.5. The first-order valence-corrected chi connectivity index (χ1v) is 6.72.